The molecule has 0 fully saturated rings. The molecular weight excluding hydrogens is 314 g/mol. The molecule has 0 bridgehead atoms. The molecule has 1 heterocycles. The number of hydrogen-bond donors (Lipinski definition) is 0. The molecule has 0 saturated carbocycles. The number of sulfonamides is 1. The van der Waals surface area contributed by atoms with Gasteiger partial charge in [0.25, 0.3) is 10.0 Å². The summed E-state index contributed by atoms with van der Waals surface area (Å²) in [4.78, 5) is 0. The third-order valence-corrected chi connectivity index (χ3v) is 5.79. The van der Waals surface area contributed by atoms with Gasteiger partial charge in [0.2, 0.25) is 0 Å². The number of halogens is 1. The Kier molecular flexibility index (Phi) is 4.44. The number of hydrogen-bond acceptors (Lipinski definition) is 5. The molecule has 5 nitrogen and oxygen atoms in total. The number of rotatable bonds is 4. The molecule has 0 unspecified atom stereocenters. The topological polar surface area (TPSA) is 74.1 Å². The first-order chi connectivity index (χ1) is 7.54. The van der Waals surface area contributed by atoms with Gasteiger partial charge in [-0.05, 0) is 27.5 Å². The van der Waals surface area contributed by atoms with Gasteiger partial charge >= 0.3 is 0 Å². The van der Waals surface area contributed by atoms with E-state index in [1.165, 1.54) is 6.20 Å². The fourth-order valence-corrected chi connectivity index (χ4v) is 4.20. The summed E-state index contributed by atoms with van der Waals surface area (Å²) in [6, 6.07) is 1.76. The second-order valence-electron chi connectivity index (χ2n) is 2.60. The standard InChI is InChI=1S/C8H6BrN3O2S2/c1-2-4-12(5-3-10)16(13,14)8-7(9)6-11-15-8/h1,6H,4-5H2. The van der Waals surface area contributed by atoms with Crippen molar-refractivity contribution in [2.24, 2.45) is 0 Å². The number of nitrogens with zero attached hydrogens (tertiary/aromatic N) is 3. The quantitative estimate of drug-likeness (QED) is 0.614. The molecule has 16 heavy (non-hydrogen) atoms. The third kappa shape index (κ3) is 2.60. The van der Waals surface area contributed by atoms with Crippen LogP contribution in [0.2, 0.25) is 0 Å². The Morgan fingerprint density at radius 1 is 1.62 bits per heavy atom. The highest BCUT2D eigenvalue weighted by Gasteiger charge is 2.27. The number of terminal acetylenes is 1. The fourth-order valence-electron chi connectivity index (χ4n) is 0.911. The lowest BCUT2D eigenvalue weighted by Gasteiger charge is -2.14. The van der Waals surface area contributed by atoms with Gasteiger partial charge in [-0.1, -0.05) is 5.92 Å². The van der Waals surface area contributed by atoms with E-state index in [0.29, 0.717) is 4.47 Å². The average molecular weight is 320 g/mol. The van der Waals surface area contributed by atoms with Gasteiger partial charge < -0.3 is 0 Å². The van der Waals surface area contributed by atoms with Gasteiger partial charge in [-0.2, -0.15) is 13.9 Å². The van der Waals surface area contributed by atoms with Gasteiger partial charge in [-0.25, -0.2) is 8.42 Å². The largest absolute Gasteiger partial charge is 0.257 e. The number of nitriles is 1. The van der Waals surface area contributed by atoms with E-state index in [1.54, 1.807) is 6.07 Å². The normalized spacial score (nSPS) is 11.0. The molecule has 0 amide bonds. The van der Waals surface area contributed by atoms with Crippen molar-refractivity contribution in [2.45, 2.75) is 4.21 Å². The minimum atomic E-state index is -3.74. The molecule has 1 aromatic rings. The monoisotopic (exact) mass is 319 g/mol. The lowest BCUT2D eigenvalue weighted by atomic mass is 10.6. The summed E-state index contributed by atoms with van der Waals surface area (Å²) in [7, 11) is -3.74. The van der Waals surface area contributed by atoms with E-state index in [9.17, 15) is 8.42 Å². The minimum absolute atomic E-state index is 0.0537. The van der Waals surface area contributed by atoms with Gasteiger partial charge in [0.1, 0.15) is 6.54 Å². The van der Waals surface area contributed by atoms with Crippen LogP contribution in [0.15, 0.2) is 14.9 Å². The van der Waals surface area contributed by atoms with Crippen LogP contribution in [-0.2, 0) is 10.0 Å². The Morgan fingerprint density at radius 2 is 2.31 bits per heavy atom. The van der Waals surface area contributed by atoms with Crippen LogP contribution in [0.5, 0.6) is 0 Å². The van der Waals surface area contributed by atoms with E-state index in [1.807, 2.05) is 0 Å². The minimum Gasteiger partial charge on any atom is -0.206 e. The van der Waals surface area contributed by atoms with E-state index >= 15 is 0 Å². The van der Waals surface area contributed by atoms with Crippen molar-refractivity contribution in [3.8, 4) is 18.4 Å². The average Bonchev–Trinajstić information content (AvgIpc) is 2.65. The molecule has 1 rings (SSSR count). The van der Waals surface area contributed by atoms with Gasteiger partial charge in [0.15, 0.2) is 4.21 Å². The van der Waals surface area contributed by atoms with Crippen LogP contribution in [-0.4, -0.2) is 30.2 Å². The molecule has 8 heteroatoms. The maximum absolute atomic E-state index is 12.0. The fraction of sp³-hybridized carbons (Fsp3) is 0.250. The Bertz CT molecular complexity index is 537. The first kappa shape index (κ1) is 13.1. The highest BCUT2D eigenvalue weighted by molar-refractivity contribution is 9.10. The maximum atomic E-state index is 12.0. The van der Waals surface area contributed by atoms with E-state index < -0.39 is 10.0 Å². The Hall–Kier alpha value is -0.930. The summed E-state index contributed by atoms with van der Waals surface area (Å²) in [5.41, 5.74) is 0. The van der Waals surface area contributed by atoms with Crippen molar-refractivity contribution in [2.75, 3.05) is 13.1 Å². The molecular formula is C8H6BrN3O2S2. The Balaban J connectivity index is 3.15. The predicted molar refractivity (Wildman–Crippen MR) is 63.0 cm³/mol. The zero-order valence-electron chi connectivity index (χ0n) is 7.92. The van der Waals surface area contributed by atoms with Crippen molar-refractivity contribution in [1.29, 1.82) is 5.26 Å². The van der Waals surface area contributed by atoms with Crippen LogP contribution in [0.1, 0.15) is 0 Å². The molecule has 0 radical (unpaired) electrons. The van der Waals surface area contributed by atoms with Crippen LogP contribution in [0.25, 0.3) is 0 Å². The molecule has 0 aromatic carbocycles. The van der Waals surface area contributed by atoms with Crippen molar-refractivity contribution < 1.29 is 8.42 Å². The highest BCUT2D eigenvalue weighted by atomic mass is 79.9. The van der Waals surface area contributed by atoms with E-state index in [-0.39, 0.29) is 17.3 Å². The summed E-state index contributed by atoms with van der Waals surface area (Å²) in [6.07, 6.45) is 6.45. The molecule has 0 spiro atoms. The van der Waals surface area contributed by atoms with Crippen LogP contribution in [0.3, 0.4) is 0 Å². The molecule has 0 aliphatic carbocycles. The SMILES string of the molecule is C#CCN(CC#N)S(=O)(=O)c1sncc1Br. The summed E-state index contributed by atoms with van der Waals surface area (Å²) in [5, 5.41) is 8.54. The van der Waals surface area contributed by atoms with Gasteiger partial charge in [0.05, 0.1) is 23.3 Å². The van der Waals surface area contributed by atoms with Crippen LogP contribution in [0, 0.1) is 23.7 Å². The van der Waals surface area contributed by atoms with Crippen molar-refractivity contribution in [1.82, 2.24) is 8.68 Å². The van der Waals surface area contributed by atoms with Crippen molar-refractivity contribution in [3.63, 3.8) is 0 Å². The molecule has 1 aromatic heterocycles. The molecule has 0 aliphatic rings. The Labute approximate surface area is 106 Å². The van der Waals surface area contributed by atoms with Crippen molar-refractivity contribution in [3.05, 3.63) is 10.7 Å². The van der Waals surface area contributed by atoms with Crippen LogP contribution in [0.4, 0.5) is 0 Å². The van der Waals surface area contributed by atoms with Crippen LogP contribution < -0.4 is 0 Å². The molecule has 0 saturated heterocycles. The van der Waals surface area contributed by atoms with E-state index in [2.05, 4.69) is 26.2 Å². The number of aromatic nitrogens is 1. The molecule has 84 valence electrons. The van der Waals surface area contributed by atoms with Crippen molar-refractivity contribution >= 4 is 37.5 Å². The second-order valence-corrected chi connectivity index (χ2v) is 6.39. The lowest BCUT2D eigenvalue weighted by molar-refractivity contribution is 0.482. The van der Waals surface area contributed by atoms with Gasteiger partial charge in [0, 0.05) is 0 Å². The van der Waals surface area contributed by atoms with Gasteiger partial charge in [-0.3, -0.25) is 0 Å². The Morgan fingerprint density at radius 3 is 2.75 bits per heavy atom. The maximum Gasteiger partial charge on any atom is 0.257 e. The summed E-state index contributed by atoms with van der Waals surface area (Å²) in [5.74, 6) is 2.20. The third-order valence-electron chi connectivity index (χ3n) is 1.59. The second kappa shape index (κ2) is 5.41. The summed E-state index contributed by atoms with van der Waals surface area (Å²) in [6.45, 7) is -0.420. The van der Waals surface area contributed by atoms with Crippen LogP contribution >= 0.6 is 27.5 Å². The highest BCUT2D eigenvalue weighted by Crippen LogP contribution is 2.27. The van der Waals surface area contributed by atoms with Gasteiger partial charge in [-0.15, -0.1) is 6.42 Å². The predicted octanol–water partition coefficient (Wildman–Crippen LogP) is 1.05. The van der Waals surface area contributed by atoms with E-state index in [4.69, 9.17) is 11.7 Å². The zero-order chi connectivity index (χ0) is 12.2. The zero-order valence-corrected chi connectivity index (χ0v) is 11.1. The lowest BCUT2D eigenvalue weighted by Crippen LogP contribution is -2.31. The summed E-state index contributed by atoms with van der Waals surface area (Å²) < 4.78 is 29.1. The molecule has 0 atom stereocenters. The first-order valence-electron chi connectivity index (χ1n) is 3.94. The smallest absolute Gasteiger partial charge is 0.206 e. The first-order valence-corrected chi connectivity index (χ1v) is 6.95. The molecule has 0 N–H and O–H groups in total. The molecule has 0 aliphatic heterocycles. The summed E-state index contributed by atoms with van der Waals surface area (Å²) >= 11 is 3.91. The van der Waals surface area contributed by atoms with E-state index in [0.717, 1.165) is 15.8 Å².